The smallest absolute Gasteiger partial charge is 0.0328 e. The zero-order valence-corrected chi connectivity index (χ0v) is 13.7. The van der Waals surface area contributed by atoms with Crippen molar-refractivity contribution in [2.45, 2.75) is 57.9 Å². The monoisotopic (exact) mass is 279 g/mol. The Morgan fingerprint density at radius 3 is 2.53 bits per heavy atom. The van der Waals surface area contributed by atoms with Crippen molar-refractivity contribution >= 4 is 11.8 Å². The van der Waals surface area contributed by atoms with Crippen molar-refractivity contribution in [2.75, 3.05) is 12.3 Å². The third-order valence-electron chi connectivity index (χ3n) is 3.30. The lowest BCUT2D eigenvalue weighted by Crippen LogP contribution is -2.22. The molecule has 0 spiro atoms. The molecule has 1 atom stereocenters. The van der Waals surface area contributed by atoms with E-state index in [0.717, 1.165) is 18.9 Å². The molecule has 0 aliphatic heterocycles. The van der Waals surface area contributed by atoms with E-state index >= 15 is 0 Å². The van der Waals surface area contributed by atoms with Crippen molar-refractivity contribution < 1.29 is 0 Å². The fourth-order valence-electron chi connectivity index (χ4n) is 2.10. The van der Waals surface area contributed by atoms with E-state index in [1.807, 2.05) is 11.8 Å². The number of nitrogens with one attached hydrogen (secondary N) is 1. The molecule has 0 heterocycles. The Labute approximate surface area is 123 Å². The molecule has 0 radical (unpaired) electrons. The summed E-state index contributed by atoms with van der Waals surface area (Å²) in [4.78, 5) is 1.46. The summed E-state index contributed by atoms with van der Waals surface area (Å²) in [6, 6.07) is 9.39. The number of benzene rings is 1. The summed E-state index contributed by atoms with van der Waals surface area (Å²) in [5.74, 6) is 2.01. The van der Waals surface area contributed by atoms with Gasteiger partial charge >= 0.3 is 0 Å². The Hall–Kier alpha value is -0.470. The highest BCUT2D eigenvalue weighted by molar-refractivity contribution is 7.99. The highest BCUT2D eigenvalue weighted by atomic mass is 32.2. The topological polar surface area (TPSA) is 12.0 Å². The van der Waals surface area contributed by atoms with Crippen molar-refractivity contribution in [3.05, 3.63) is 29.8 Å². The first-order valence-corrected chi connectivity index (χ1v) is 8.62. The van der Waals surface area contributed by atoms with Gasteiger partial charge in [0.2, 0.25) is 0 Å². The fourth-order valence-corrected chi connectivity index (χ4v) is 3.46. The average Bonchev–Trinajstić information content (AvgIpc) is 2.40. The predicted molar refractivity (Wildman–Crippen MR) is 87.9 cm³/mol. The van der Waals surface area contributed by atoms with Crippen LogP contribution in [0.2, 0.25) is 0 Å². The lowest BCUT2D eigenvalue weighted by molar-refractivity contribution is 0.512. The van der Waals surface area contributed by atoms with Gasteiger partial charge in [0, 0.05) is 10.9 Å². The highest BCUT2D eigenvalue weighted by Crippen LogP contribution is 2.30. The van der Waals surface area contributed by atoms with Crippen molar-refractivity contribution in [3.8, 4) is 0 Å². The van der Waals surface area contributed by atoms with Crippen LogP contribution in [0.25, 0.3) is 0 Å². The maximum atomic E-state index is 3.66. The molecule has 0 bridgehead atoms. The number of hydrogen-bond acceptors (Lipinski definition) is 2. The Morgan fingerprint density at radius 1 is 1.16 bits per heavy atom. The third kappa shape index (κ3) is 6.01. The Morgan fingerprint density at radius 2 is 1.89 bits per heavy atom. The lowest BCUT2D eigenvalue weighted by Gasteiger charge is -2.20. The summed E-state index contributed by atoms with van der Waals surface area (Å²) >= 11 is 2.01. The summed E-state index contributed by atoms with van der Waals surface area (Å²) < 4.78 is 0. The Kier molecular flexibility index (Phi) is 8.24. The second-order valence-corrected chi connectivity index (χ2v) is 6.62. The van der Waals surface area contributed by atoms with Crippen LogP contribution in [0.4, 0.5) is 0 Å². The van der Waals surface area contributed by atoms with Crippen LogP contribution >= 0.6 is 11.8 Å². The molecule has 1 unspecified atom stereocenters. The maximum absolute atomic E-state index is 3.66. The first-order valence-electron chi connectivity index (χ1n) is 7.64. The van der Waals surface area contributed by atoms with Crippen LogP contribution in [-0.4, -0.2) is 12.3 Å². The van der Waals surface area contributed by atoms with Gasteiger partial charge in [-0.25, -0.2) is 0 Å². The van der Waals surface area contributed by atoms with Crippen LogP contribution < -0.4 is 5.32 Å². The molecule has 19 heavy (non-hydrogen) atoms. The molecule has 1 aromatic rings. The molecule has 0 amide bonds. The SMILES string of the molecule is CCCNC(CC)c1ccccc1SCCC(C)C. The summed E-state index contributed by atoms with van der Waals surface area (Å²) in [7, 11) is 0. The van der Waals surface area contributed by atoms with E-state index in [-0.39, 0.29) is 0 Å². The van der Waals surface area contributed by atoms with Gasteiger partial charge in [-0.15, -0.1) is 11.8 Å². The normalized spacial score (nSPS) is 12.9. The molecule has 0 saturated heterocycles. The summed E-state index contributed by atoms with van der Waals surface area (Å²) in [6.45, 7) is 10.2. The number of rotatable bonds is 9. The van der Waals surface area contributed by atoms with Gasteiger partial charge in [-0.05, 0) is 49.1 Å². The van der Waals surface area contributed by atoms with Gasteiger partial charge in [0.15, 0.2) is 0 Å². The minimum absolute atomic E-state index is 0.502. The highest BCUT2D eigenvalue weighted by Gasteiger charge is 2.12. The van der Waals surface area contributed by atoms with Crippen LogP contribution in [0.3, 0.4) is 0 Å². The molecular weight excluding hydrogens is 250 g/mol. The number of hydrogen-bond donors (Lipinski definition) is 1. The summed E-state index contributed by atoms with van der Waals surface area (Å²) in [6.07, 6.45) is 3.64. The van der Waals surface area contributed by atoms with Crippen LogP contribution in [0.5, 0.6) is 0 Å². The van der Waals surface area contributed by atoms with Gasteiger partial charge in [0.1, 0.15) is 0 Å². The summed E-state index contributed by atoms with van der Waals surface area (Å²) in [5, 5.41) is 3.66. The molecule has 1 nitrogen and oxygen atoms in total. The minimum atomic E-state index is 0.502. The zero-order valence-electron chi connectivity index (χ0n) is 12.9. The van der Waals surface area contributed by atoms with Crippen LogP contribution in [0, 0.1) is 5.92 Å². The predicted octanol–water partition coefficient (Wildman–Crippen LogP) is 5.28. The second-order valence-electron chi connectivity index (χ2n) is 5.48. The van der Waals surface area contributed by atoms with E-state index in [2.05, 4.69) is 57.3 Å². The van der Waals surface area contributed by atoms with Crippen LogP contribution in [0.15, 0.2) is 29.2 Å². The van der Waals surface area contributed by atoms with Crippen molar-refractivity contribution in [1.82, 2.24) is 5.32 Å². The molecule has 0 saturated carbocycles. The Bertz CT molecular complexity index is 349. The van der Waals surface area contributed by atoms with Crippen LogP contribution in [0.1, 0.15) is 58.6 Å². The van der Waals surface area contributed by atoms with Crippen molar-refractivity contribution in [1.29, 1.82) is 0 Å². The first kappa shape index (κ1) is 16.6. The van der Waals surface area contributed by atoms with E-state index in [9.17, 15) is 0 Å². The van der Waals surface area contributed by atoms with E-state index in [1.165, 1.54) is 29.1 Å². The molecule has 0 fully saturated rings. The average molecular weight is 279 g/mol. The number of thioether (sulfide) groups is 1. The van der Waals surface area contributed by atoms with Gasteiger partial charge < -0.3 is 5.32 Å². The van der Waals surface area contributed by atoms with Gasteiger partial charge in [-0.1, -0.05) is 45.9 Å². The minimum Gasteiger partial charge on any atom is -0.310 e. The molecule has 0 aromatic heterocycles. The lowest BCUT2D eigenvalue weighted by atomic mass is 10.0. The molecule has 1 rings (SSSR count). The van der Waals surface area contributed by atoms with E-state index < -0.39 is 0 Å². The quantitative estimate of drug-likeness (QED) is 0.618. The molecular formula is C17H29NS. The maximum Gasteiger partial charge on any atom is 0.0328 e. The molecule has 1 aromatic carbocycles. The fraction of sp³-hybridized carbons (Fsp3) is 0.647. The van der Waals surface area contributed by atoms with Gasteiger partial charge in [0.05, 0.1) is 0 Å². The third-order valence-corrected chi connectivity index (χ3v) is 4.42. The van der Waals surface area contributed by atoms with Crippen molar-refractivity contribution in [2.24, 2.45) is 5.92 Å². The van der Waals surface area contributed by atoms with Gasteiger partial charge in [-0.3, -0.25) is 0 Å². The van der Waals surface area contributed by atoms with E-state index in [0.29, 0.717) is 6.04 Å². The standard InChI is InChI=1S/C17H29NS/c1-5-12-18-16(6-2)15-9-7-8-10-17(15)19-13-11-14(3)4/h7-10,14,16,18H,5-6,11-13H2,1-4H3. The molecule has 108 valence electrons. The first-order chi connectivity index (χ1) is 9.19. The largest absolute Gasteiger partial charge is 0.310 e. The van der Waals surface area contributed by atoms with E-state index in [1.54, 1.807) is 0 Å². The van der Waals surface area contributed by atoms with Crippen molar-refractivity contribution in [3.63, 3.8) is 0 Å². The zero-order chi connectivity index (χ0) is 14.1. The molecule has 1 N–H and O–H groups in total. The molecule has 0 aliphatic carbocycles. The van der Waals surface area contributed by atoms with E-state index in [4.69, 9.17) is 0 Å². The summed E-state index contributed by atoms with van der Waals surface area (Å²) in [5.41, 5.74) is 1.48. The second kappa shape index (κ2) is 9.44. The Balaban J connectivity index is 2.69. The van der Waals surface area contributed by atoms with Gasteiger partial charge in [-0.2, -0.15) is 0 Å². The van der Waals surface area contributed by atoms with Crippen LogP contribution in [-0.2, 0) is 0 Å². The molecule has 2 heteroatoms. The molecule has 0 aliphatic rings. The van der Waals surface area contributed by atoms with Gasteiger partial charge in [0.25, 0.3) is 0 Å².